The number of sulfone groups is 1. The summed E-state index contributed by atoms with van der Waals surface area (Å²) in [7, 11) is -3.52. The van der Waals surface area contributed by atoms with E-state index >= 15 is 0 Å². The lowest BCUT2D eigenvalue weighted by atomic mass is 10.0. The molecular weight excluding hydrogens is 410 g/mol. The standard InChI is InChI=1S/C24H29N3O3S/c1-16(2)22-24(31(29,30)19-12-8-5-9-13-19)27-15-17(3)20(14-21(27)26-22)23(28)25-18-10-6-4-7-11-18/h4,6-7,10-11,14-16,19H,5,8-9,12-13H2,1-3H3,(H,25,28). The summed E-state index contributed by atoms with van der Waals surface area (Å²) < 4.78 is 28.9. The molecule has 1 aromatic carbocycles. The Hall–Kier alpha value is -2.67. The maximum absolute atomic E-state index is 13.6. The second kappa shape index (κ2) is 8.46. The highest BCUT2D eigenvalue weighted by atomic mass is 32.2. The van der Waals surface area contributed by atoms with Crippen molar-refractivity contribution in [3.8, 4) is 0 Å². The number of rotatable bonds is 5. The number of benzene rings is 1. The number of aromatic nitrogens is 2. The molecule has 1 saturated carbocycles. The van der Waals surface area contributed by atoms with Crippen LogP contribution in [0.4, 0.5) is 5.69 Å². The van der Waals surface area contributed by atoms with Crippen LogP contribution in [-0.2, 0) is 9.84 Å². The molecular formula is C24H29N3O3S. The van der Waals surface area contributed by atoms with Gasteiger partial charge in [0.1, 0.15) is 5.65 Å². The van der Waals surface area contributed by atoms with E-state index in [1.54, 1.807) is 16.7 Å². The van der Waals surface area contributed by atoms with Crippen molar-refractivity contribution >= 4 is 27.1 Å². The molecule has 31 heavy (non-hydrogen) atoms. The second-order valence-corrected chi connectivity index (χ2v) is 10.8. The largest absolute Gasteiger partial charge is 0.322 e. The number of nitrogens with one attached hydrogen (secondary N) is 1. The summed E-state index contributed by atoms with van der Waals surface area (Å²) in [6, 6.07) is 11.0. The molecule has 0 aliphatic heterocycles. The summed E-state index contributed by atoms with van der Waals surface area (Å²) in [5, 5.41) is 2.83. The van der Waals surface area contributed by atoms with Gasteiger partial charge in [-0.3, -0.25) is 9.20 Å². The molecule has 2 aromatic heterocycles. The molecule has 1 aliphatic rings. The number of pyridine rings is 1. The molecule has 0 atom stereocenters. The maximum atomic E-state index is 13.6. The summed E-state index contributed by atoms with van der Waals surface area (Å²) in [6.45, 7) is 5.74. The van der Waals surface area contributed by atoms with Gasteiger partial charge in [0.2, 0.25) is 0 Å². The zero-order chi connectivity index (χ0) is 22.2. The Morgan fingerprint density at radius 3 is 2.45 bits per heavy atom. The van der Waals surface area contributed by atoms with Gasteiger partial charge in [-0.25, -0.2) is 13.4 Å². The van der Waals surface area contributed by atoms with E-state index in [2.05, 4.69) is 10.3 Å². The van der Waals surface area contributed by atoms with Crippen LogP contribution in [0.3, 0.4) is 0 Å². The van der Waals surface area contributed by atoms with Crippen LogP contribution in [0.2, 0.25) is 0 Å². The van der Waals surface area contributed by atoms with E-state index in [-0.39, 0.29) is 17.1 Å². The number of aryl methyl sites for hydroxylation is 1. The molecule has 2 heterocycles. The summed E-state index contributed by atoms with van der Waals surface area (Å²) >= 11 is 0. The predicted molar refractivity (Wildman–Crippen MR) is 122 cm³/mol. The van der Waals surface area contributed by atoms with E-state index in [9.17, 15) is 13.2 Å². The monoisotopic (exact) mass is 439 g/mol. The van der Waals surface area contributed by atoms with Crippen molar-refractivity contribution in [1.82, 2.24) is 9.38 Å². The van der Waals surface area contributed by atoms with Gasteiger partial charge in [0.05, 0.1) is 10.9 Å². The minimum atomic E-state index is -3.52. The predicted octanol–water partition coefficient (Wildman–Crippen LogP) is 5.12. The summed E-state index contributed by atoms with van der Waals surface area (Å²) in [5.74, 6) is -0.285. The Morgan fingerprint density at radius 2 is 1.81 bits per heavy atom. The van der Waals surface area contributed by atoms with Crippen LogP contribution in [0.25, 0.3) is 5.65 Å². The van der Waals surface area contributed by atoms with E-state index < -0.39 is 9.84 Å². The van der Waals surface area contributed by atoms with E-state index in [0.29, 0.717) is 46.0 Å². The molecule has 7 heteroatoms. The fourth-order valence-electron chi connectivity index (χ4n) is 4.34. The van der Waals surface area contributed by atoms with Gasteiger partial charge in [0.25, 0.3) is 5.91 Å². The fraction of sp³-hybridized carbons (Fsp3) is 0.417. The Labute approximate surface area is 183 Å². The van der Waals surface area contributed by atoms with Crippen molar-refractivity contribution in [2.24, 2.45) is 0 Å². The molecule has 0 unspecified atom stereocenters. The molecule has 0 bridgehead atoms. The van der Waals surface area contributed by atoms with Gasteiger partial charge in [-0.1, -0.05) is 51.3 Å². The van der Waals surface area contributed by atoms with Crippen molar-refractivity contribution in [3.05, 3.63) is 59.4 Å². The maximum Gasteiger partial charge on any atom is 0.256 e. The number of imidazole rings is 1. The molecule has 4 rings (SSSR count). The third kappa shape index (κ3) is 4.11. The topological polar surface area (TPSA) is 80.5 Å². The Bertz CT molecular complexity index is 1210. The molecule has 0 saturated heterocycles. The number of carbonyl (C=O) groups excluding carboxylic acids is 1. The summed E-state index contributed by atoms with van der Waals surface area (Å²) in [4.78, 5) is 17.6. The van der Waals surface area contributed by atoms with Crippen LogP contribution in [0, 0.1) is 6.92 Å². The third-order valence-corrected chi connectivity index (χ3v) is 8.32. The van der Waals surface area contributed by atoms with Gasteiger partial charge in [-0.2, -0.15) is 0 Å². The van der Waals surface area contributed by atoms with Gasteiger partial charge in [-0.15, -0.1) is 0 Å². The average molecular weight is 440 g/mol. The molecule has 1 N–H and O–H groups in total. The molecule has 6 nitrogen and oxygen atoms in total. The molecule has 0 radical (unpaired) electrons. The number of carbonyl (C=O) groups is 1. The number of para-hydroxylation sites is 1. The van der Waals surface area contributed by atoms with E-state index in [4.69, 9.17) is 0 Å². The lowest BCUT2D eigenvalue weighted by Gasteiger charge is -2.22. The Kier molecular flexibility index (Phi) is 5.88. The van der Waals surface area contributed by atoms with Gasteiger partial charge >= 0.3 is 0 Å². The lowest BCUT2D eigenvalue weighted by Crippen LogP contribution is -2.26. The van der Waals surface area contributed by atoms with Crippen LogP contribution < -0.4 is 5.32 Å². The Morgan fingerprint density at radius 1 is 1.13 bits per heavy atom. The summed E-state index contributed by atoms with van der Waals surface area (Å²) in [6.07, 6.45) is 6.12. The normalized spacial score (nSPS) is 15.5. The number of hydrogen-bond acceptors (Lipinski definition) is 4. The van der Waals surface area contributed by atoms with Crippen molar-refractivity contribution < 1.29 is 13.2 Å². The first-order chi connectivity index (χ1) is 14.8. The molecule has 0 spiro atoms. The van der Waals surface area contributed by atoms with Crippen LogP contribution >= 0.6 is 0 Å². The van der Waals surface area contributed by atoms with Gasteiger partial charge in [0.15, 0.2) is 14.9 Å². The van der Waals surface area contributed by atoms with Crippen LogP contribution in [0.1, 0.15) is 73.5 Å². The van der Waals surface area contributed by atoms with Gasteiger partial charge in [0, 0.05) is 17.4 Å². The molecule has 3 aromatic rings. The smallest absolute Gasteiger partial charge is 0.256 e. The molecule has 164 valence electrons. The second-order valence-electron chi connectivity index (χ2n) is 8.68. The van der Waals surface area contributed by atoms with Crippen LogP contribution in [0.15, 0.2) is 47.6 Å². The first kappa shape index (κ1) is 21.6. The number of fused-ring (bicyclic) bond motifs is 1. The number of amides is 1. The SMILES string of the molecule is Cc1cn2c(S(=O)(=O)C3CCCCC3)c(C(C)C)nc2cc1C(=O)Nc1ccccc1. The molecule has 1 fully saturated rings. The Balaban J connectivity index is 1.80. The highest BCUT2D eigenvalue weighted by Crippen LogP contribution is 2.34. The molecule has 1 amide bonds. The van der Waals surface area contributed by atoms with Crippen LogP contribution in [0.5, 0.6) is 0 Å². The van der Waals surface area contributed by atoms with E-state index in [0.717, 1.165) is 19.3 Å². The average Bonchev–Trinajstić information content (AvgIpc) is 3.14. The zero-order valence-corrected chi connectivity index (χ0v) is 19.1. The number of hydrogen-bond donors (Lipinski definition) is 1. The van der Waals surface area contributed by atoms with Crippen LogP contribution in [-0.4, -0.2) is 29.0 Å². The molecule has 1 aliphatic carbocycles. The summed E-state index contributed by atoms with van der Waals surface area (Å²) in [5.41, 5.74) is 2.96. The van der Waals surface area contributed by atoms with Crippen molar-refractivity contribution in [2.45, 2.75) is 69.1 Å². The van der Waals surface area contributed by atoms with Gasteiger partial charge < -0.3 is 5.32 Å². The quantitative estimate of drug-likeness (QED) is 0.598. The minimum absolute atomic E-state index is 0.0461. The zero-order valence-electron chi connectivity index (χ0n) is 18.3. The van der Waals surface area contributed by atoms with Crippen molar-refractivity contribution in [3.63, 3.8) is 0 Å². The highest BCUT2D eigenvalue weighted by Gasteiger charge is 2.35. The third-order valence-electron chi connectivity index (χ3n) is 6.02. The lowest BCUT2D eigenvalue weighted by molar-refractivity contribution is 0.102. The van der Waals surface area contributed by atoms with Gasteiger partial charge in [-0.05, 0) is 49.4 Å². The van der Waals surface area contributed by atoms with Crippen molar-refractivity contribution in [1.29, 1.82) is 0 Å². The van der Waals surface area contributed by atoms with E-state index in [1.165, 1.54) is 0 Å². The van der Waals surface area contributed by atoms with E-state index in [1.807, 2.05) is 51.1 Å². The number of anilines is 1. The minimum Gasteiger partial charge on any atom is -0.322 e. The first-order valence-electron chi connectivity index (χ1n) is 10.9. The fourth-order valence-corrected chi connectivity index (χ4v) is 6.60. The first-order valence-corrected chi connectivity index (χ1v) is 12.5. The number of nitrogens with zero attached hydrogens (tertiary/aromatic N) is 2. The highest BCUT2D eigenvalue weighted by molar-refractivity contribution is 7.92. The van der Waals surface area contributed by atoms with Crippen molar-refractivity contribution in [2.75, 3.05) is 5.32 Å².